The number of ketones is 1. The summed E-state index contributed by atoms with van der Waals surface area (Å²) in [7, 11) is 0. The maximum atomic E-state index is 13.7. The van der Waals surface area contributed by atoms with Crippen molar-refractivity contribution in [3.05, 3.63) is 100 Å². The van der Waals surface area contributed by atoms with Gasteiger partial charge in [-0.3, -0.25) is 14.5 Å². The van der Waals surface area contributed by atoms with Gasteiger partial charge in [0, 0.05) is 10.6 Å². The van der Waals surface area contributed by atoms with Gasteiger partial charge in [-0.05, 0) is 48.0 Å². The van der Waals surface area contributed by atoms with E-state index in [-0.39, 0.29) is 16.5 Å². The molecule has 1 fully saturated rings. The van der Waals surface area contributed by atoms with Gasteiger partial charge in [0.15, 0.2) is 5.13 Å². The van der Waals surface area contributed by atoms with Crippen molar-refractivity contribution in [2.75, 3.05) is 4.90 Å². The molecule has 1 atom stereocenters. The van der Waals surface area contributed by atoms with Crippen LogP contribution in [0, 0.1) is 5.82 Å². The van der Waals surface area contributed by atoms with Crippen LogP contribution in [0.2, 0.25) is 5.02 Å². The Hall–Kier alpha value is -3.55. The molecule has 0 spiro atoms. The fourth-order valence-electron chi connectivity index (χ4n) is 3.73. The Morgan fingerprint density at radius 2 is 1.75 bits per heavy atom. The van der Waals surface area contributed by atoms with E-state index in [9.17, 15) is 19.1 Å². The molecule has 5 nitrogen and oxygen atoms in total. The van der Waals surface area contributed by atoms with Crippen molar-refractivity contribution in [3.63, 3.8) is 0 Å². The normalized spacial score (nSPS) is 17.9. The molecular weight excluding hydrogens is 451 g/mol. The summed E-state index contributed by atoms with van der Waals surface area (Å²) in [6, 6.07) is 18.5. The number of amides is 1. The zero-order valence-electron chi connectivity index (χ0n) is 16.3. The molecule has 1 aliphatic rings. The molecule has 158 valence electrons. The number of Topliss-reactive ketones (excluding diaryl/α,β-unsaturated/α-hetero) is 1. The zero-order valence-corrected chi connectivity index (χ0v) is 17.9. The van der Waals surface area contributed by atoms with E-state index in [4.69, 9.17) is 11.6 Å². The number of fused-ring (bicyclic) bond motifs is 1. The van der Waals surface area contributed by atoms with E-state index in [0.29, 0.717) is 26.4 Å². The maximum absolute atomic E-state index is 13.7. The SMILES string of the molecule is O=C1C(=O)N(c2nc3ccc(F)cc3s2)C(c2ccccc2)C1=C(O)c1ccc(Cl)cc1. The third-order valence-corrected chi connectivity index (χ3v) is 6.49. The smallest absolute Gasteiger partial charge is 0.301 e. The van der Waals surface area contributed by atoms with E-state index in [2.05, 4.69) is 4.98 Å². The first-order valence-corrected chi connectivity index (χ1v) is 10.8. The highest BCUT2D eigenvalue weighted by Crippen LogP contribution is 2.44. The van der Waals surface area contributed by atoms with Crippen LogP contribution in [0.25, 0.3) is 16.0 Å². The van der Waals surface area contributed by atoms with E-state index in [0.717, 1.165) is 11.3 Å². The number of aliphatic hydroxyl groups excluding tert-OH is 1. The number of benzene rings is 3. The van der Waals surface area contributed by atoms with Gasteiger partial charge in [0.1, 0.15) is 11.6 Å². The van der Waals surface area contributed by atoms with Crippen molar-refractivity contribution in [1.29, 1.82) is 0 Å². The Kier molecular flexibility index (Phi) is 5.00. The second kappa shape index (κ2) is 7.85. The molecule has 5 rings (SSSR count). The molecule has 4 aromatic rings. The van der Waals surface area contributed by atoms with Crippen LogP contribution in [0.3, 0.4) is 0 Å². The third kappa shape index (κ3) is 3.36. The lowest BCUT2D eigenvalue weighted by atomic mass is 9.95. The number of halogens is 2. The van der Waals surface area contributed by atoms with Gasteiger partial charge in [-0.2, -0.15) is 0 Å². The predicted octanol–water partition coefficient (Wildman–Crippen LogP) is 5.72. The molecule has 1 unspecified atom stereocenters. The molecule has 3 aromatic carbocycles. The molecule has 0 radical (unpaired) electrons. The number of thiazole rings is 1. The Labute approximate surface area is 191 Å². The minimum atomic E-state index is -0.891. The minimum absolute atomic E-state index is 0.0473. The minimum Gasteiger partial charge on any atom is -0.507 e. The van der Waals surface area contributed by atoms with Crippen molar-refractivity contribution in [2.24, 2.45) is 0 Å². The molecule has 0 bridgehead atoms. The van der Waals surface area contributed by atoms with E-state index in [1.54, 1.807) is 48.5 Å². The van der Waals surface area contributed by atoms with Crippen LogP contribution in [-0.2, 0) is 9.59 Å². The van der Waals surface area contributed by atoms with Crippen molar-refractivity contribution >= 4 is 55.7 Å². The number of nitrogens with zero attached hydrogens (tertiary/aromatic N) is 2. The van der Waals surface area contributed by atoms with Gasteiger partial charge < -0.3 is 5.11 Å². The third-order valence-electron chi connectivity index (χ3n) is 5.22. The number of carbonyl (C=O) groups excluding carboxylic acids is 2. The molecular formula is C24H14ClFN2O3S. The number of rotatable bonds is 3. The number of hydrogen-bond donors (Lipinski definition) is 1. The molecule has 1 N–H and O–H groups in total. The van der Waals surface area contributed by atoms with Gasteiger partial charge in [-0.1, -0.05) is 53.3 Å². The average molecular weight is 465 g/mol. The Morgan fingerprint density at radius 1 is 1.03 bits per heavy atom. The van der Waals surface area contributed by atoms with Gasteiger partial charge in [0.05, 0.1) is 21.8 Å². The molecule has 0 aliphatic carbocycles. The maximum Gasteiger partial charge on any atom is 0.301 e. The number of hydrogen-bond acceptors (Lipinski definition) is 5. The van der Waals surface area contributed by atoms with E-state index in [1.165, 1.54) is 23.1 Å². The molecule has 32 heavy (non-hydrogen) atoms. The monoisotopic (exact) mass is 464 g/mol. The second-order valence-electron chi connectivity index (χ2n) is 7.20. The van der Waals surface area contributed by atoms with Gasteiger partial charge in [0.2, 0.25) is 0 Å². The summed E-state index contributed by atoms with van der Waals surface area (Å²) in [4.78, 5) is 32.0. The highest BCUT2D eigenvalue weighted by Gasteiger charge is 2.48. The predicted molar refractivity (Wildman–Crippen MR) is 122 cm³/mol. The lowest BCUT2D eigenvalue weighted by Crippen LogP contribution is -2.29. The largest absolute Gasteiger partial charge is 0.507 e. The van der Waals surface area contributed by atoms with Crippen LogP contribution in [0.5, 0.6) is 0 Å². The Morgan fingerprint density at radius 3 is 2.47 bits per heavy atom. The van der Waals surface area contributed by atoms with Gasteiger partial charge in [-0.15, -0.1) is 0 Å². The van der Waals surface area contributed by atoms with Gasteiger partial charge in [0.25, 0.3) is 5.78 Å². The summed E-state index contributed by atoms with van der Waals surface area (Å²) in [6.07, 6.45) is 0. The van der Waals surface area contributed by atoms with Crippen LogP contribution in [-0.4, -0.2) is 21.8 Å². The number of anilines is 1. The first kappa shape index (κ1) is 20.4. The second-order valence-corrected chi connectivity index (χ2v) is 8.64. The zero-order chi connectivity index (χ0) is 22.4. The van der Waals surface area contributed by atoms with Crippen LogP contribution >= 0.6 is 22.9 Å². The van der Waals surface area contributed by atoms with Crippen LogP contribution in [0.4, 0.5) is 9.52 Å². The summed E-state index contributed by atoms with van der Waals surface area (Å²) >= 11 is 7.05. The summed E-state index contributed by atoms with van der Waals surface area (Å²) in [5.41, 5.74) is 1.46. The fourth-order valence-corrected chi connectivity index (χ4v) is 4.88. The molecule has 1 amide bonds. The molecule has 2 heterocycles. The van der Waals surface area contributed by atoms with Crippen molar-refractivity contribution in [3.8, 4) is 0 Å². The number of aromatic nitrogens is 1. The first-order chi connectivity index (χ1) is 15.4. The molecule has 1 aliphatic heterocycles. The summed E-state index contributed by atoms with van der Waals surface area (Å²) in [5.74, 6) is -2.36. The molecule has 1 saturated heterocycles. The Bertz CT molecular complexity index is 1400. The van der Waals surface area contributed by atoms with E-state index >= 15 is 0 Å². The lowest BCUT2D eigenvalue weighted by molar-refractivity contribution is -0.132. The average Bonchev–Trinajstić information content (AvgIpc) is 3.32. The highest BCUT2D eigenvalue weighted by atomic mass is 35.5. The van der Waals surface area contributed by atoms with Crippen LogP contribution < -0.4 is 4.90 Å². The molecule has 0 saturated carbocycles. The summed E-state index contributed by atoms with van der Waals surface area (Å²) in [5, 5.41) is 11.8. The van der Waals surface area contributed by atoms with Crippen molar-refractivity contribution in [2.45, 2.75) is 6.04 Å². The molecule has 8 heteroatoms. The van der Waals surface area contributed by atoms with E-state index in [1.807, 2.05) is 6.07 Å². The lowest BCUT2D eigenvalue weighted by Gasteiger charge is -2.22. The standard InChI is InChI=1S/C24H14ClFN2O3S/c25-15-8-6-14(7-9-15)21(29)19-20(13-4-2-1-3-5-13)28(23(31)22(19)30)24-27-17-11-10-16(26)12-18(17)32-24/h1-12,20,29H. The first-order valence-electron chi connectivity index (χ1n) is 9.62. The van der Waals surface area contributed by atoms with Crippen molar-refractivity contribution in [1.82, 2.24) is 4.98 Å². The van der Waals surface area contributed by atoms with Crippen LogP contribution in [0.1, 0.15) is 17.2 Å². The topological polar surface area (TPSA) is 70.5 Å². The number of aliphatic hydroxyl groups is 1. The van der Waals surface area contributed by atoms with Crippen LogP contribution in [0.15, 0.2) is 78.4 Å². The molecule has 1 aromatic heterocycles. The van der Waals surface area contributed by atoms with Gasteiger partial charge in [-0.25, -0.2) is 9.37 Å². The number of carbonyl (C=O) groups is 2. The Balaban J connectivity index is 1.72. The van der Waals surface area contributed by atoms with Gasteiger partial charge >= 0.3 is 5.91 Å². The fraction of sp³-hybridized carbons (Fsp3) is 0.0417. The van der Waals surface area contributed by atoms with E-state index < -0.39 is 23.5 Å². The quantitative estimate of drug-likeness (QED) is 0.239. The summed E-state index contributed by atoms with van der Waals surface area (Å²) in [6.45, 7) is 0. The van der Waals surface area contributed by atoms with Crippen molar-refractivity contribution < 1.29 is 19.1 Å². The highest BCUT2D eigenvalue weighted by molar-refractivity contribution is 7.22. The summed E-state index contributed by atoms with van der Waals surface area (Å²) < 4.78 is 14.2.